The average molecular weight is 449 g/mol. The number of carbonyl (C=O) groups excluding carboxylic acids is 1. The minimum atomic E-state index is -0.251. The molecule has 0 bridgehead atoms. The number of guanidine groups is 1. The first-order valence-electron chi connectivity index (χ1n) is 10.9. The number of carbonyl (C=O) groups is 1. The van der Waals surface area contributed by atoms with E-state index in [2.05, 4.69) is 15.7 Å². The van der Waals surface area contributed by atoms with Crippen LogP contribution in [0.4, 0.5) is 11.4 Å². The summed E-state index contributed by atoms with van der Waals surface area (Å²) < 4.78 is 7.56. The average Bonchev–Trinajstić information content (AvgIpc) is 3.04. The van der Waals surface area contributed by atoms with E-state index >= 15 is 0 Å². The standard InChI is InChI=1S/C25H32N6O2/c1-7-33-23-14-9-8-13-22(23)27-25(26-16-21-17(2)29-31(6)18(21)3)28-24(32)19-11-10-12-20(15-19)30(4)5/h8-15H,7,16H2,1-6H3,(H2,26,27,28,32). The maximum Gasteiger partial charge on any atom is 0.258 e. The van der Waals surface area contributed by atoms with Crippen molar-refractivity contribution in [2.75, 3.05) is 30.9 Å². The van der Waals surface area contributed by atoms with E-state index in [1.54, 1.807) is 6.07 Å². The Labute approximate surface area is 195 Å². The molecule has 33 heavy (non-hydrogen) atoms. The van der Waals surface area contributed by atoms with Gasteiger partial charge in [0.25, 0.3) is 5.91 Å². The summed E-state index contributed by atoms with van der Waals surface area (Å²) in [6, 6.07) is 15.0. The second-order valence-electron chi connectivity index (χ2n) is 7.89. The molecule has 0 atom stereocenters. The van der Waals surface area contributed by atoms with E-state index in [9.17, 15) is 4.79 Å². The Bertz CT molecular complexity index is 1150. The van der Waals surface area contributed by atoms with Crippen molar-refractivity contribution in [1.29, 1.82) is 0 Å². The number of nitrogens with zero attached hydrogens (tertiary/aromatic N) is 4. The molecule has 174 valence electrons. The Hall–Kier alpha value is -3.81. The highest BCUT2D eigenvalue weighted by Gasteiger charge is 2.14. The summed E-state index contributed by atoms with van der Waals surface area (Å²) in [5.74, 6) is 0.772. The molecule has 0 aliphatic heterocycles. The summed E-state index contributed by atoms with van der Waals surface area (Å²) >= 11 is 0. The SMILES string of the molecule is CCOc1ccccc1NC(=NCc1c(C)nn(C)c1C)NC(=O)c1cccc(N(C)C)c1. The van der Waals surface area contributed by atoms with Crippen molar-refractivity contribution in [1.82, 2.24) is 15.1 Å². The first-order valence-corrected chi connectivity index (χ1v) is 10.9. The van der Waals surface area contributed by atoms with Crippen LogP contribution in [0.3, 0.4) is 0 Å². The van der Waals surface area contributed by atoms with Gasteiger partial charge < -0.3 is 15.0 Å². The maximum absolute atomic E-state index is 13.1. The minimum Gasteiger partial charge on any atom is -0.492 e. The van der Waals surface area contributed by atoms with Gasteiger partial charge in [0.05, 0.1) is 24.5 Å². The van der Waals surface area contributed by atoms with Crippen LogP contribution in [0, 0.1) is 13.8 Å². The van der Waals surface area contributed by atoms with E-state index in [0.717, 1.165) is 28.3 Å². The zero-order valence-corrected chi connectivity index (χ0v) is 20.1. The van der Waals surface area contributed by atoms with Crippen molar-refractivity contribution in [3.05, 3.63) is 71.0 Å². The van der Waals surface area contributed by atoms with Crippen LogP contribution < -0.4 is 20.3 Å². The van der Waals surface area contributed by atoms with Crippen molar-refractivity contribution < 1.29 is 9.53 Å². The summed E-state index contributed by atoms with van der Waals surface area (Å²) in [6.07, 6.45) is 0. The number of benzene rings is 2. The highest BCUT2D eigenvalue weighted by molar-refractivity contribution is 6.10. The minimum absolute atomic E-state index is 0.251. The van der Waals surface area contributed by atoms with E-state index in [1.807, 2.05) is 94.0 Å². The first-order chi connectivity index (χ1) is 15.8. The molecular weight excluding hydrogens is 416 g/mol. The lowest BCUT2D eigenvalue weighted by molar-refractivity contribution is 0.0977. The first kappa shape index (κ1) is 23.8. The van der Waals surface area contributed by atoms with E-state index < -0.39 is 0 Å². The van der Waals surface area contributed by atoms with Crippen molar-refractivity contribution >= 4 is 23.2 Å². The molecule has 0 unspecified atom stereocenters. The molecule has 3 aromatic rings. The fraction of sp³-hybridized carbons (Fsp3) is 0.320. The Morgan fingerprint density at radius 3 is 2.58 bits per heavy atom. The largest absolute Gasteiger partial charge is 0.492 e. The zero-order chi connectivity index (χ0) is 24.0. The Balaban J connectivity index is 1.91. The summed E-state index contributed by atoms with van der Waals surface area (Å²) in [6.45, 7) is 6.80. The highest BCUT2D eigenvalue weighted by atomic mass is 16.5. The highest BCUT2D eigenvalue weighted by Crippen LogP contribution is 2.24. The number of aryl methyl sites for hydroxylation is 2. The number of nitrogens with one attached hydrogen (secondary N) is 2. The normalized spacial score (nSPS) is 11.3. The number of aliphatic imine (C=N–C) groups is 1. The van der Waals surface area contributed by atoms with Crippen LogP contribution in [0.5, 0.6) is 5.75 Å². The molecular formula is C25H32N6O2. The summed E-state index contributed by atoms with van der Waals surface area (Å²) in [4.78, 5) is 19.7. The number of anilines is 2. The van der Waals surface area contributed by atoms with Gasteiger partial charge in [-0.3, -0.25) is 14.8 Å². The predicted octanol–water partition coefficient (Wildman–Crippen LogP) is 3.90. The lowest BCUT2D eigenvalue weighted by Crippen LogP contribution is -2.36. The predicted molar refractivity (Wildman–Crippen MR) is 133 cm³/mol. The molecule has 8 nitrogen and oxygen atoms in total. The van der Waals surface area contributed by atoms with Gasteiger partial charge in [-0.15, -0.1) is 0 Å². The van der Waals surface area contributed by atoms with Crippen LogP contribution in [0.15, 0.2) is 53.5 Å². The summed E-state index contributed by atoms with van der Waals surface area (Å²) in [5, 5.41) is 10.6. The molecule has 0 saturated carbocycles. The molecule has 2 N–H and O–H groups in total. The Kier molecular flexibility index (Phi) is 7.71. The van der Waals surface area contributed by atoms with Crippen LogP contribution in [0.2, 0.25) is 0 Å². The van der Waals surface area contributed by atoms with E-state index in [0.29, 0.717) is 30.4 Å². The molecule has 0 aliphatic rings. The van der Waals surface area contributed by atoms with Crippen LogP contribution in [0.1, 0.15) is 34.2 Å². The fourth-order valence-electron chi connectivity index (χ4n) is 3.40. The molecule has 3 rings (SSSR count). The molecule has 1 amide bonds. The molecule has 0 spiro atoms. The van der Waals surface area contributed by atoms with Crippen LogP contribution in [0.25, 0.3) is 0 Å². The smallest absolute Gasteiger partial charge is 0.258 e. The van der Waals surface area contributed by atoms with Gasteiger partial charge in [0, 0.05) is 43.7 Å². The van der Waals surface area contributed by atoms with Crippen LogP contribution in [-0.4, -0.2) is 42.3 Å². The fourth-order valence-corrected chi connectivity index (χ4v) is 3.40. The van der Waals surface area contributed by atoms with Gasteiger partial charge in [0.2, 0.25) is 5.96 Å². The number of para-hydroxylation sites is 2. The third kappa shape index (κ3) is 5.91. The monoisotopic (exact) mass is 448 g/mol. The van der Waals surface area contributed by atoms with Gasteiger partial charge in [-0.1, -0.05) is 18.2 Å². The molecule has 0 saturated heterocycles. The Morgan fingerprint density at radius 1 is 1.15 bits per heavy atom. The second-order valence-corrected chi connectivity index (χ2v) is 7.89. The van der Waals surface area contributed by atoms with Gasteiger partial charge in [-0.2, -0.15) is 5.10 Å². The van der Waals surface area contributed by atoms with E-state index in [-0.39, 0.29) is 5.91 Å². The third-order valence-corrected chi connectivity index (χ3v) is 5.35. The quantitative estimate of drug-likeness (QED) is 0.423. The maximum atomic E-state index is 13.1. The van der Waals surface area contributed by atoms with E-state index in [4.69, 9.17) is 9.73 Å². The Morgan fingerprint density at radius 2 is 1.91 bits per heavy atom. The van der Waals surface area contributed by atoms with Crippen molar-refractivity contribution in [3.8, 4) is 5.75 Å². The number of rotatable bonds is 7. The molecule has 0 radical (unpaired) electrons. The molecule has 0 fully saturated rings. The van der Waals surface area contributed by atoms with Gasteiger partial charge in [-0.05, 0) is 51.1 Å². The van der Waals surface area contributed by atoms with Crippen molar-refractivity contribution in [2.24, 2.45) is 12.0 Å². The molecule has 8 heteroatoms. The molecule has 1 aromatic heterocycles. The summed E-state index contributed by atoms with van der Waals surface area (Å²) in [7, 11) is 5.79. The lowest BCUT2D eigenvalue weighted by Gasteiger charge is -2.16. The second kappa shape index (κ2) is 10.7. The number of ether oxygens (including phenoxy) is 1. The van der Waals surface area contributed by atoms with E-state index in [1.165, 1.54) is 0 Å². The molecule has 1 heterocycles. The van der Waals surface area contributed by atoms with Crippen LogP contribution in [-0.2, 0) is 13.6 Å². The number of aromatic nitrogens is 2. The van der Waals surface area contributed by atoms with Gasteiger partial charge >= 0.3 is 0 Å². The van der Waals surface area contributed by atoms with Gasteiger partial charge in [0.15, 0.2) is 0 Å². The topological polar surface area (TPSA) is 83.8 Å². The third-order valence-electron chi connectivity index (χ3n) is 5.35. The molecule has 2 aromatic carbocycles. The molecule has 0 aliphatic carbocycles. The van der Waals surface area contributed by atoms with Gasteiger partial charge in [0.1, 0.15) is 5.75 Å². The lowest BCUT2D eigenvalue weighted by atomic mass is 10.2. The zero-order valence-electron chi connectivity index (χ0n) is 20.1. The number of hydrogen-bond donors (Lipinski definition) is 2. The number of amides is 1. The summed E-state index contributed by atoms with van der Waals surface area (Å²) in [5.41, 5.74) is 5.19. The number of hydrogen-bond acceptors (Lipinski definition) is 5. The van der Waals surface area contributed by atoms with Crippen molar-refractivity contribution in [3.63, 3.8) is 0 Å². The van der Waals surface area contributed by atoms with Crippen molar-refractivity contribution in [2.45, 2.75) is 27.3 Å². The van der Waals surface area contributed by atoms with Crippen LogP contribution >= 0.6 is 0 Å². The van der Waals surface area contributed by atoms with Gasteiger partial charge in [-0.25, -0.2) is 4.99 Å².